The average molecular weight is 493 g/mol. The van der Waals surface area contributed by atoms with Gasteiger partial charge in [0, 0.05) is 23.5 Å². The molecule has 2 aromatic heterocycles. The Morgan fingerprint density at radius 3 is 2.63 bits per heavy atom. The number of aryl methyl sites for hydroxylation is 1. The molecule has 9 nitrogen and oxygen atoms in total. The van der Waals surface area contributed by atoms with Gasteiger partial charge in [0.15, 0.2) is 0 Å². The summed E-state index contributed by atoms with van der Waals surface area (Å²) in [5, 5.41) is 20.0. The van der Waals surface area contributed by atoms with Crippen LogP contribution in [0, 0.1) is 6.92 Å². The largest absolute Gasteiger partial charge is 0.480 e. The molecule has 2 aromatic carbocycles. The van der Waals surface area contributed by atoms with E-state index in [0.717, 1.165) is 12.0 Å². The van der Waals surface area contributed by atoms with Gasteiger partial charge in [-0.3, -0.25) is 0 Å². The average Bonchev–Trinajstić information content (AvgIpc) is 3.34. The van der Waals surface area contributed by atoms with Gasteiger partial charge >= 0.3 is 17.6 Å². The summed E-state index contributed by atoms with van der Waals surface area (Å²) in [5.74, 6) is -1.10. The zero-order valence-corrected chi connectivity index (χ0v) is 19.7. The van der Waals surface area contributed by atoms with Gasteiger partial charge < -0.3 is 25.5 Å². The summed E-state index contributed by atoms with van der Waals surface area (Å²) in [6.45, 7) is 2.16. The molecule has 2 heterocycles. The highest BCUT2D eigenvalue weighted by Crippen LogP contribution is 2.23. The van der Waals surface area contributed by atoms with E-state index in [2.05, 4.69) is 20.9 Å². The van der Waals surface area contributed by atoms with E-state index in [1.807, 2.05) is 47.8 Å². The lowest BCUT2D eigenvalue weighted by molar-refractivity contribution is -0.137. The number of carboxylic acid groups (broad SMARTS) is 1. The van der Waals surface area contributed by atoms with Crippen LogP contribution in [0.2, 0.25) is 0 Å². The van der Waals surface area contributed by atoms with Crippen LogP contribution in [-0.4, -0.2) is 34.7 Å². The second kappa shape index (κ2) is 10.8. The first-order chi connectivity index (χ1) is 16.9. The van der Waals surface area contributed by atoms with Crippen molar-refractivity contribution in [3.8, 4) is 0 Å². The van der Waals surface area contributed by atoms with Crippen molar-refractivity contribution < 1.29 is 19.1 Å². The summed E-state index contributed by atoms with van der Waals surface area (Å²) in [6, 6.07) is 14.7. The van der Waals surface area contributed by atoms with Gasteiger partial charge in [-0.1, -0.05) is 36.4 Å². The molecule has 4 rings (SSSR count). The van der Waals surface area contributed by atoms with Crippen LogP contribution in [0.1, 0.15) is 16.0 Å². The van der Waals surface area contributed by atoms with Gasteiger partial charge in [-0.25, -0.2) is 14.4 Å². The monoisotopic (exact) mass is 492 g/mol. The van der Waals surface area contributed by atoms with Gasteiger partial charge in [0.2, 0.25) is 0 Å². The number of hydrogen-bond acceptors (Lipinski definition) is 7. The Morgan fingerprint density at radius 1 is 1.11 bits per heavy atom. The standard InChI is InChI=1S/C25H24N4O5S/c1-15-18(27-24(33)26-12-11-17-8-5-13-35-17)9-10-19-21(15)23(32)34-25(28-19)29-20(22(30)31)14-16-6-3-2-4-7-16/h2-10,13,20H,11-12,14H2,1H3,(H,28,29)(H,30,31)(H2,26,27,33)/t20-/m0/s1. The number of aliphatic carboxylic acids is 1. The van der Waals surface area contributed by atoms with Crippen LogP contribution in [0.25, 0.3) is 10.9 Å². The van der Waals surface area contributed by atoms with Crippen LogP contribution < -0.4 is 21.6 Å². The molecule has 0 spiro atoms. The molecule has 0 aliphatic heterocycles. The Labute approximate surface area is 204 Å². The number of anilines is 2. The molecule has 0 fully saturated rings. The first-order valence-corrected chi connectivity index (χ1v) is 11.8. The minimum absolute atomic E-state index is 0.183. The highest BCUT2D eigenvalue weighted by atomic mass is 32.1. The highest BCUT2D eigenvalue weighted by molar-refractivity contribution is 7.09. The lowest BCUT2D eigenvalue weighted by Crippen LogP contribution is -2.32. The van der Waals surface area contributed by atoms with Crippen molar-refractivity contribution in [3.63, 3.8) is 0 Å². The van der Waals surface area contributed by atoms with E-state index in [9.17, 15) is 19.5 Å². The number of rotatable bonds is 9. The van der Waals surface area contributed by atoms with Crippen LogP contribution in [0.5, 0.6) is 0 Å². The van der Waals surface area contributed by atoms with Crippen molar-refractivity contribution in [2.75, 3.05) is 17.2 Å². The third-order valence-electron chi connectivity index (χ3n) is 5.42. The smallest absolute Gasteiger partial charge is 0.348 e. The van der Waals surface area contributed by atoms with Crippen LogP contribution in [0.3, 0.4) is 0 Å². The third-order valence-corrected chi connectivity index (χ3v) is 6.36. The van der Waals surface area contributed by atoms with Crippen molar-refractivity contribution in [1.82, 2.24) is 10.3 Å². The van der Waals surface area contributed by atoms with E-state index in [1.54, 1.807) is 30.4 Å². The van der Waals surface area contributed by atoms with Crippen molar-refractivity contribution in [2.24, 2.45) is 0 Å². The molecule has 0 bridgehead atoms. The number of fused-ring (bicyclic) bond motifs is 1. The zero-order chi connectivity index (χ0) is 24.8. The first-order valence-electron chi connectivity index (χ1n) is 11.0. The SMILES string of the molecule is Cc1c(NC(=O)NCCc2cccs2)ccc2nc(N[C@@H](Cc3ccccc3)C(=O)O)oc(=O)c12. The Bertz CT molecular complexity index is 1390. The third kappa shape index (κ3) is 6.04. The normalized spacial score (nSPS) is 11.7. The number of nitrogens with zero attached hydrogens (tertiary/aromatic N) is 1. The number of amides is 2. The fourth-order valence-electron chi connectivity index (χ4n) is 3.64. The summed E-state index contributed by atoms with van der Waals surface area (Å²) in [4.78, 5) is 42.3. The molecule has 4 aromatic rings. The fourth-order valence-corrected chi connectivity index (χ4v) is 4.34. The maximum absolute atomic E-state index is 12.8. The topological polar surface area (TPSA) is 134 Å². The van der Waals surface area contributed by atoms with E-state index in [1.165, 1.54) is 4.88 Å². The maximum Gasteiger partial charge on any atom is 0.348 e. The summed E-state index contributed by atoms with van der Waals surface area (Å²) in [6.07, 6.45) is 0.912. The summed E-state index contributed by atoms with van der Waals surface area (Å²) in [7, 11) is 0. The Balaban J connectivity index is 1.48. The van der Waals surface area contributed by atoms with E-state index in [-0.39, 0.29) is 23.9 Å². The van der Waals surface area contributed by atoms with Gasteiger partial charge in [0.25, 0.3) is 6.01 Å². The molecule has 0 aliphatic carbocycles. The number of carbonyl (C=O) groups excluding carboxylic acids is 1. The maximum atomic E-state index is 12.8. The molecule has 0 saturated heterocycles. The van der Waals surface area contributed by atoms with Crippen LogP contribution in [0.4, 0.5) is 16.5 Å². The molecule has 4 N–H and O–H groups in total. The number of urea groups is 1. The van der Waals surface area contributed by atoms with Crippen molar-refractivity contribution >= 4 is 45.9 Å². The van der Waals surface area contributed by atoms with Crippen molar-refractivity contribution in [1.29, 1.82) is 0 Å². The number of nitrogens with one attached hydrogen (secondary N) is 3. The minimum atomic E-state index is -1.10. The molecule has 35 heavy (non-hydrogen) atoms. The number of hydrogen-bond donors (Lipinski definition) is 4. The molecule has 0 unspecified atom stereocenters. The van der Waals surface area contributed by atoms with Gasteiger partial charge in [-0.2, -0.15) is 4.98 Å². The van der Waals surface area contributed by atoms with Gasteiger partial charge in [0.05, 0.1) is 10.9 Å². The Kier molecular flexibility index (Phi) is 7.41. The van der Waals surface area contributed by atoms with Crippen LogP contribution in [-0.2, 0) is 17.6 Å². The number of benzene rings is 2. The number of aromatic nitrogens is 1. The van der Waals surface area contributed by atoms with Crippen molar-refractivity contribution in [3.05, 3.63) is 86.4 Å². The van der Waals surface area contributed by atoms with Crippen LogP contribution in [0.15, 0.2) is 69.2 Å². The van der Waals surface area contributed by atoms with E-state index < -0.39 is 17.6 Å². The molecule has 180 valence electrons. The Morgan fingerprint density at radius 2 is 1.91 bits per heavy atom. The van der Waals surface area contributed by atoms with E-state index >= 15 is 0 Å². The lowest BCUT2D eigenvalue weighted by Gasteiger charge is -2.15. The highest BCUT2D eigenvalue weighted by Gasteiger charge is 2.21. The molecule has 0 radical (unpaired) electrons. The molecule has 10 heteroatoms. The second-order valence-electron chi connectivity index (χ2n) is 7.87. The zero-order valence-electron chi connectivity index (χ0n) is 18.9. The minimum Gasteiger partial charge on any atom is -0.480 e. The van der Waals surface area contributed by atoms with Crippen molar-refractivity contribution in [2.45, 2.75) is 25.8 Å². The molecule has 0 saturated carbocycles. The fraction of sp³-hybridized carbons (Fsp3) is 0.200. The lowest BCUT2D eigenvalue weighted by atomic mass is 10.1. The molecular formula is C25H24N4O5S. The van der Waals surface area contributed by atoms with Gasteiger partial charge in [-0.05, 0) is 48.1 Å². The van der Waals surface area contributed by atoms with Gasteiger partial charge in [-0.15, -0.1) is 11.3 Å². The molecule has 1 atom stereocenters. The first kappa shape index (κ1) is 24.0. The van der Waals surface area contributed by atoms with E-state index in [0.29, 0.717) is 23.3 Å². The van der Waals surface area contributed by atoms with E-state index in [4.69, 9.17) is 4.42 Å². The number of thiophene rings is 1. The molecule has 2 amide bonds. The quantitative estimate of drug-likeness (QED) is 0.277. The molecular weight excluding hydrogens is 468 g/mol. The second-order valence-corrected chi connectivity index (χ2v) is 8.91. The number of carboxylic acids is 1. The summed E-state index contributed by atoms with van der Waals surface area (Å²) in [5.41, 5.74) is 1.42. The number of carbonyl (C=O) groups is 2. The predicted octanol–water partition coefficient (Wildman–Crippen LogP) is 4.03. The predicted molar refractivity (Wildman–Crippen MR) is 135 cm³/mol. The Hall–Kier alpha value is -4.18. The van der Waals surface area contributed by atoms with Gasteiger partial charge in [0.1, 0.15) is 6.04 Å². The van der Waals surface area contributed by atoms with Crippen LogP contribution >= 0.6 is 11.3 Å². The molecule has 0 aliphatic rings. The summed E-state index contributed by atoms with van der Waals surface area (Å²) < 4.78 is 5.29. The summed E-state index contributed by atoms with van der Waals surface area (Å²) >= 11 is 1.63.